The van der Waals surface area contributed by atoms with Crippen LogP contribution in [0.2, 0.25) is 0 Å². The van der Waals surface area contributed by atoms with Crippen molar-refractivity contribution in [3.8, 4) is 0 Å². The van der Waals surface area contributed by atoms with Gasteiger partial charge in [-0.2, -0.15) is 0 Å². The van der Waals surface area contributed by atoms with Crippen molar-refractivity contribution in [2.75, 3.05) is 0 Å². The van der Waals surface area contributed by atoms with Crippen molar-refractivity contribution in [3.05, 3.63) is 21.4 Å². The molecule has 2 rings (SSSR count). The fraction of sp³-hybridized carbons (Fsp3) is 0.500. The van der Waals surface area contributed by atoms with E-state index >= 15 is 0 Å². The normalized spacial score (nSPS) is 12.6. The molecular weight excluding hydrogens is 208 g/mol. The molecule has 2 aromatic heterocycles. The fourth-order valence-electron chi connectivity index (χ4n) is 1.83. The van der Waals surface area contributed by atoms with Gasteiger partial charge in [-0.3, -0.25) is 0 Å². The van der Waals surface area contributed by atoms with Gasteiger partial charge < -0.3 is 0 Å². The summed E-state index contributed by atoms with van der Waals surface area (Å²) in [5.41, 5.74) is 1.79. The second-order valence-corrected chi connectivity index (χ2v) is 7.17. The SMILES string of the molecule is Cc1cc2sc(C(C)(C)C)c(C)c2s1. The Morgan fingerprint density at radius 3 is 2.21 bits per heavy atom. The Kier molecular flexibility index (Phi) is 2.24. The third kappa shape index (κ3) is 1.51. The first-order valence-electron chi connectivity index (χ1n) is 4.89. The van der Waals surface area contributed by atoms with E-state index in [2.05, 4.69) is 40.7 Å². The van der Waals surface area contributed by atoms with E-state index in [4.69, 9.17) is 0 Å². The monoisotopic (exact) mass is 224 g/mol. The van der Waals surface area contributed by atoms with Gasteiger partial charge in [0.1, 0.15) is 0 Å². The van der Waals surface area contributed by atoms with Crippen molar-refractivity contribution in [2.24, 2.45) is 0 Å². The number of thiophene rings is 2. The summed E-state index contributed by atoms with van der Waals surface area (Å²) < 4.78 is 2.97. The minimum absolute atomic E-state index is 0.293. The quantitative estimate of drug-likeness (QED) is 0.598. The van der Waals surface area contributed by atoms with Gasteiger partial charge in [0.25, 0.3) is 0 Å². The lowest BCUT2D eigenvalue weighted by molar-refractivity contribution is 0.601. The molecule has 0 bridgehead atoms. The standard InChI is InChI=1S/C12H16S2/c1-7-6-9-10(13-7)8(2)11(14-9)12(3,4)5/h6H,1-5H3. The fourth-order valence-corrected chi connectivity index (χ4v) is 4.40. The molecule has 0 nitrogen and oxygen atoms in total. The van der Waals surface area contributed by atoms with Crippen molar-refractivity contribution in [1.29, 1.82) is 0 Å². The van der Waals surface area contributed by atoms with Crippen LogP contribution in [-0.2, 0) is 5.41 Å². The first-order valence-corrected chi connectivity index (χ1v) is 6.53. The summed E-state index contributed by atoms with van der Waals surface area (Å²) in [7, 11) is 0. The van der Waals surface area contributed by atoms with Gasteiger partial charge in [0.05, 0.1) is 0 Å². The van der Waals surface area contributed by atoms with Crippen LogP contribution in [0.15, 0.2) is 6.07 Å². The smallest absolute Gasteiger partial charge is 0.0485 e. The highest BCUT2D eigenvalue weighted by molar-refractivity contribution is 7.28. The van der Waals surface area contributed by atoms with Gasteiger partial charge in [0.15, 0.2) is 0 Å². The summed E-state index contributed by atoms with van der Waals surface area (Å²) >= 11 is 3.89. The van der Waals surface area contributed by atoms with Gasteiger partial charge in [-0.1, -0.05) is 20.8 Å². The van der Waals surface area contributed by atoms with Crippen LogP contribution in [0, 0.1) is 13.8 Å². The van der Waals surface area contributed by atoms with Crippen LogP contribution in [0.25, 0.3) is 9.40 Å². The molecule has 0 aliphatic heterocycles. The van der Waals surface area contributed by atoms with E-state index in [1.54, 1.807) is 4.88 Å². The van der Waals surface area contributed by atoms with Crippen molar-refractivity contribution in [2.45, 2.75) is 40.0 Å². The summed E-state index contributed by atoms with van der Waals surface area (Å²) in [4.78, 5) is 2.97. The molecule has 2 heterocycles. The minimum atomic E-state index is 0.293. The van der Waals surface area contributed by atoms with Crippen LogP contribution in [0.1, 0.15) is 36.1 Å². The molecule has 0 saturated heterocycles. The maximum absolute atomic E-state index is 2.31. The number of fused-ring (bicyclic) bond motifs is 1. The molecule has 0 amide bonds. The van der Waals surface area contributed by atoms with Crippen LogP contribution >= 0.6 is 22.7 Å². The number of hydrogen-bond donors (Lipinski definition) is 0. The third-order valence-corrected chi connectivity index (χ3v) is 5.36. The highest BCUT2D eigenvalue weighted by atomic mass is 32.1. The molecule has 0 unspecified atom stereocenters. The lowest BCUT2D eigenvalue weighted by Gasteiger charge is -2.17. The van der Waals surface area contributed by atoms with Crippen LogP contribution in [-0.4, -0.2) is 0 Å². The largest absolute Gasteiger partial charge is 0.139 e. The molecule has 0 aliphatic carbocycles. The molecule has 0 aromatic carbocycles. The predicted molar refractivity (Wildman–Crippen MR) is 67.9 cm³/mol. The van der Waals surface area contributed by atoms with Crippen LogP contribution in [0.3, 0.4) is 0 Å². The molecule has 76 valence electrons. The second kappa shape index (κ2) is 3.07. The summed E-state index contributed by atoms with van der Waals surface area (Å²) in [6.07, 6.45) is 0. The molecule has 2 aromatic rings. The van der Waals surface area contributed by atoms with Gasteiger partial charge >= 0.3 is 0 Å². The lowest BCUT2D eigenvalue weighted by atomic mass is 9.92. The topological polar surface area (TPSA) is 0 Å². The first-order chi connectivity index (χ1) is 6.39. The average Bonchev–Trinajstić information content (AvgIpc) is 2.49. The Bertz CT molecular complexity index is 466. The molecule has 0 fully saturated rings. The van der Waals surface area contributed by atoms with Gasteiger partial charge in [-0.25, -0.2) is 0 Å². The Hall–Kier alpha value is -0.340. The van der Waals surface area contributed by atoms with Crippen molar-refractivity contribution in [1.82, 2.24) is 0 Å². The average molecular weight is 224 g/mol. The zero-order chi connectivity index (χ0) is 10.5. The van der Waals surface area contributed by atoms with Gasteiger partial charge in [0, 0.05) is 19.2 Å². The van der Waals surface area contributed by atoms with E-state index < -0.39 is 0 Å². The maximum atomic E-state index is 2.31. The predicted octanol–water partition coefficient (Wildman–Crippen LogP) is 4.88. The summed E-state index contributed by atoms with van der Waals surface area (Å²) in [5.74, 6) is 0. The van der Waals surface area contributed by atoms with E-state index in [-0.39, 0.29) is 0 Å². The Labute approximate surface area is 93.6 Å². The van der Waals surface area contributed by atoms with E-state index in [0.717, 1.165) is 0 Å². The Morgan fingerprint density at radius 1 is 1.07 bits per heavy atom. The zero-order valence-corrected chi connectivity index (χ0v) is 11.0. The van der Waals surface area contributed by atoms with Crippen LogP contribution in [0.5, 0.6) is 0 Å². The number of rotatable bonds is 0. The van der Waals surface area contributed by atoms with Gasteiger partial charge in [0.2, 0.25) is 0 Å². The molecule has 2 heteroatoms. The molecule has 0 spiro atoms. The molecular formula is C12H16S2. The van der Waals surface area contributed by atoms with E-state index in [1.807, 2.05) is 22.7 Å². The van der Waals surface area contributed by atoms with E-state index in [1.165, 1.54) is 19.8 Å². The van der Waals surface area contributed by atoms with E-state index in [0.29, 0.717) is 5.41 Å². The molecule has 0 N–H and O–H groups in total. The molecule has 0 aliphatic rings. The molecule has 14 heavy (non-hydrogen) atoms. The minimum Gasteiger partial charge on any atom is -0.139 e. The zero-order valence-electron chi connectivity index (χ0n) is 9.39. The summed E-state index contributed by atoms with van der Waals surface area (Å²) in [5, 5.41) is 0. The molecule has 0 radical (unpaired) electrons. The molecule has 0 saturated carbocycles. The van der Waals surface area contributed by atoms with Crippen molar-refractivity contribution >= 4 is 32.1 Å². The summed E-state index contributed by atoms with van der Waals surface area (Å²) in [6, 6.07) is 2.31. The van der Waals surface area contributed by atoms with Crippen molar-refractivity contribution < 1.29 is 0 Å². The number of aryl methyl sites for hydroxylation is 2. The van der Waals surface area contributed by atoms with Gasteiger partial charge in [-0.05, 0) is 30.9 Å². The van der Waals surface area contributed by atoms with E-state index in [9.17, 15) is 0 Å². The van der Waals surface area contributed by atoms with Gasteiger partial charge in [-0.15, -0.1) is 22.7 Å². The Balaban J connectivity index is 2.70. The van der Waals surface area contributed by atoms with Crippen LogP contribution < -0.4 is 0 Å². The number of hydrogen-bond acceptors (Lipinski definition) is 2. The van der Waals surface area contributed by atoms with Crippen LogP contribution in [0.4, 0.5) is 0 Å². The maximum Gasteiger partial charge on any atom is 0.0485 e. The molecule has 0 atom stereocenters. The Morgan fingerprint density at radius 2 is 1.71 bits per heavy atom. The highest BCUT2D eigenvalue weighted by Gasteiger charge is 2.21. The first kappa shape index (κ1) is 10.2. The summed E-state index contributed by atoms with van der Waals surface area (Å²) in [6.45, 7) is 11.3. The lowest BCUT2D eigenvalue weighted by Crippen LogP contribution is -2.09. The third-order valence-electron chi connectivity index (χ3n) is 2.40. The highest BCUT2D eigenvalue weighted by Crippen LogP contribution is 2.41. The second-order valence-electron chi connectivity index (χ2n) is 4.86. The van der Waals surface area contributed by atoms with Crippen molar-refractivity contribution in [3.63, 3.8) is 0 Å².